The van der Waals surface area contributed by atoms with Gasteiger partial charge in [0.1, 0.15) is 4.83 Å². The zero-order valence-electron chi connectivity index (χ0n) is 16.9. The fraction of sp³-hybridized carbons (Fsp3) is 0.208. The molecule has 4 nitrogen and oxygen atoms in total. The van der Waals surface area contributed by atoms with E-state index in [4.69, 9.17) is 16.6 Å². The molecule has 0 atom stereocenters. The third-order valence-corrected chi connectivity index (χ3v) is 8.45. The Labute approximate surface area is 206 Å². The van der Waals surface area contributed by atoms with Gasteiger partial charge in [0.05, 0.1) is 16.8 Å². The number of hydrogen-bond acceptors (Lipinski definition) is 5. The second-order valence-electron chi connectivity index (χ2n) is 7.62. The predicted molar refractivity (Wildman–Crippen MR) is 136 cm³/mol. The van der Waals surface area contributed by atoms with Gasteiger partial charge in [-0.25, -0.2) is 4.98 Å². The summed E-state index contributed by atoms with van der Waals surface area (Å²) >= 11 is 12.4. The van der Waals surface area contributed by atoms with E-state index < -0.39 is 0 Å². The maximum absolute atomic E-state index is 13.7. The van der Waals surface area contributed by atoms with Crippen LogP contribution in [0.15, 0.2) is 63.0 Å². The molecule has 2 heterocycles. The van der Waals surface area contributed by atoms with Gasteiger partial charge in [0, 0.05) is 19.9 Å². The van der Waals surface area contributed by atoms with Gasteiger partial charge >= 0.3 is 0 Å². The van der Waals surface area contributed by atoms with Crippen molar-refractivity contribution in [3.05, 3.63) is 84.4 Å². The number of thiophene rings is 1. The Bertz CT molecular complexity index is 1380. The van der Waals surface area contributed by atoms with Gasteiger partial charge < -0.3 is 0 Å². The van der Waals surface area contributed by atoms with E-state index in [1.165, 1.54) is 16.6 Å². The minimum atomic E-state index is -0.0738. The molecule has 0 radical (unpaired) electrons. The van der Waals surface area contributed by atoms with E-state index in [0.717, 1.165) is 45.9 Å². The number of aryl methyl sites for hydroxylation is 2. The Morgan fingerprint density at radius 2 is 1.81 bits per heavy atom. The molecule has 0 aliphatic heterocycles. The highest BCUT2D eigenvalue weighted by Gasteiger charge is 2.23. The first-order valence-corrected chi connectivity index (χ1v) is 13.2. The number of hydrogen-bond donors (Lipinski definition) is 0. The van der Waals surface area contributed by atoms with Crippen molar-refractivity contribution in [3.63, 3.8) is 0 Å². The van der Waals surface area contributed by atoms with Crippen LogP contribution in [0.2, 0.25) is 5.02 Å². The monoisotopic (exact) mass is 544 g/mol. The fourth-order valence-electron chi connectivity index (χ4n) is 3.95. The van der Waals surface area contributed by atoms with Gasteiger partial charge in [-0.05, 0) is 67.6 Å². The number of carbonyl (C=O) groups excluding carboxylic acids is 1. The highest BCUT2D eigenvalue weighted by Crippen LogP contribution is 2.35. The summed E-state index contributed by atoms with van der Waals surface area (Å²) in [6.45, 7) is 0. The first-order chi connectivity index (χ1) is 15.5. The molecule has 4 aromatic rings. The van der Waals surface area contributed by atoms with Crippen molar-refractivity contribution in [2.45, 2.75) is 30.8 Å². The lowest BCUT2D eigenvalue weighted by Crippen LogP contribution is -2.22. The molecule has 5 rings (SSSR count). The van der Waals surface area contributed by atoms with Gasteiger partial charge in [0.2, 0.25) is 0 Å². The lowest BCUT2D eigenvalue weighted by Gasteiger charge is -2.13. The Balaban J connectivity index is 1.59. The Kier molecular flexibility index (Phi) is 6.25. The molecule has 0 fully saturated rings. The van der Waals surface area contributed by atoms with Crippen molar-refractivity contribution in [2.24, 2.45) is 0 Å². The predicted octanol–water partition coefficient (Wildman–Crippen LogP) is 6.72. The van der Waals surface area contributed by atoms with Gasteiger partial charge in [0.25, 0.3) is 5.56 Å². The summed E-state index contributed by atoms with van der Waals surface area (Å²) in [6.07, 6.45) is 4.16. The molecule has 8 heteroatoms. The quantitative estimate of drug-likeness (QED) is 0.159. The SMILES string of the molecule is O=C(CSc1nc2sc3c(c2c(=O)n1-c1ccc(Cl)cc1)CCCC3)c1ccc(Br)cc1. The van der Waals surface area contributed by atoms with Crippen LogP contribution >= 0.6 is 50.6 Å². The molecule has 0 saturated heterocycles. The first kappa shape index (κ1) is 21.9. The van der Waals surface area contributed by atoms with Crippen molar-refractivity contribution in [1.82, 2.24) is 9.55 Å². The third-order valence-electron chi connectivity index (χ3n) is 5.54. The molecule has 162 valence electrons. The number of Topliss-reactive ketones (excluding diaryl/α,β-unsaturated/α-hetero) is 1. The standard InChI is InChI=1S/C24H18BrClN2O2S2/c25-15-7-5-14(6-8-15)19(29)13-31-24-27-22-21(18-3-1-2-4-20(18)32-22)23(30)28(24)17-11-9-16(26)10-12-17/h5-12H,1-4,13H2. The Morgan fingerprint density at radius 3 is 2.56 bits per heavy atom. The van der Waals surface area contributed by atoms with Gasteiger partial charge in [-0.2, -0.15) is 0 Å². The maximum Gasteiger partial charge on any atom is 0.267 e. The summed E-state index contributed by atoms with van der Waals surface area (Å²) in [7, 11) is 0. The molecule has 0 amide bonds. The summed E-state index contributed by atoms with van der Waals surface area (Å²) in [5.41, 5.74) is 2.41. The smallest absolute Gasteiger partial charge is 0.267 e. The van der Waals surface area contributed by atoms with Crippen LogP contribution in [-0.4, -0.2) is 21.1 Å². The largest absolute Gasteiger partial charge is 0.293 e. The molecule has 2 aromatic carbocycles. The summed E-state index contributed by atoms with van der Waals surface area (Å²) in [5.74, 6) is 0.183. The molecule has 0 saturated carbocycles. The molecule has 0 spiro atoms. The number of nitrogens with zero attached hydrogens (tertiary/aromatic N) is 2. The van der Waals surface area contributed by atoms with Crippen LogP contribution in [0.1, 0.15) is 33.6 Å². The van der Waals surface area contributed by atoms with Crippen molar-refractivity contribution in [2.75, 3.05) is 5.75 Å². The van der Waals surface area contributed by atoms with Crippen molar-refractivity contribution >= 4 is 66.6 Å². The lowest BCUT2D eigenvalue weighted by atomic mass is 9.97. The average molecular weight is 546 g/mol. The zero-order valence-corrected chi connectivity index (χ0v) is 20.9. The fourth-order valence-corrected chi connectivity index (χ4v) is 6.55. The molecular formula is C24H18BrClN2O2S2. The van der Waals surface area contributed by atoms with E-state index in [2.05, 4.69) is 15.9 Å². The molecule has 1 aliphatic carbocycles. The normalized spacial score (nSPS) is 13.3. The molecule has 0 bridgehead atoms. The van der Waals surface area contributed by atoms with Gasteiger partial charge in [-0.15, -0.1) is 11.3 Å². The molecule has 32 heavy (non-hydrogen) atoms. The van der Waals surface area contributed by atoms with Gasteiger partial charge in [-0.3, -0.25) is 14.2 Å². The van der Waals surface area contributed by atoms with Crippen LogP contribution in [0.25, 0.3) is 15.9 Å². The van der Waals surface area contributed by atoms with E-state index in [0.29, 0.717) is 21.4 Å². The topological polar surface area (TPSA) is 52.0 Å². The summed E-state index contributed by atoms with van der Waals surface area (Å²) < 4.78 is 2.55. The number of fused-ring (bicyclic) bond motifs is 3. The van der Waals surface area contributed by atoms with Crippen LogP contribution in [0.4, 0.5) is 0 Å². The highest BCUT2D eigenvalue weighted by atomic mass is 79.9. The molecular weight excluding hydrogens is 528 g/mol. The van der Waals surface area contributed by atoms with Crippen LogP contribution in [0.3, 0.4) is 0 Å². The summed E-state index contributed by atoms with van der Waals surface area (Å²) in [4.78, 5) is 33.4. The second kappa shape index (κ2) is 9.14. The first-order valence-electron chi connectivity index (χ1n) is 10.3. The Hall–Kier alpha value is -1.93. The van der Waals surface area contributed by atoms with Crippen LogP contribution in [0, 0.1) is 0 Å². The number of benzene rings is 2. The van der Waals surface area contributed by atoms with E-state index >= 15 is 0 Å². The number of halogens is 2. The lowest BCUT2D eigenvalue weighted by molar-refractivity contribution is 0.102. The van der Waals surface area contributed by atoms with E-state index in [1.54, 1.807) is 40.2 Å². The number of rotatable bonds is 5. The zero-order chi connectivity index (χ0) is 22.2. The van der Waals surface area contributed by atoms with E-state index in [9.17, 15) is 9.59 Å². The minimum Gasteiger partial charge on any atom is -0.293 e. The number of aromatic nitrogens is 2. The summed E-state index contributed by atoms with van der Waals surface area (Å²) in [6, 6.07) is 14.4. The van der Waals surface area contributed by atoms with Crippen LogP contribution < -0.4 is 5.56 Å². The van der Waals surface area contributed by atoms with Crippen molar-refractivity contribution in [1.29, 1.82) is 0 Å². The van der Waals surface area contributed by atoms with Gasteiger partial charge in [0.15, 0.2) is 10.9 Å². The van der Waals surface area contributed by atoms with E-state index in [1.807, 2.05) is 24.3 Å². The maximum atomic E-state index is 13.7. The van der Waals surface area contributed by atoms with Crippen LogP contribution in [-0.2, 0) is 12.8 Å². The van der Waals surface area contributed by atoms with Crippen molar-refractivity contribution in [3.8, 4) is 5.69 Å². The number of ketones is 1. The Morgan fingerprint density at radius 1 is 1.09 bits per heavy atom. The highest BCUT2D eigenvalue weighted by molar-refractivity contribution is 9.10. The number of carbonyl (C=O) groups is 1. The third kappa shape index (κ3) is 4.19. The molecule has 0 unspecified atom stereocenters. The average Bonchev–Trinajstić information content (AvgIpc) is 3.17. The molecule has 2 aromatic heterocycles. The minimum absolute atomic E-state index is 0.00928. The molecule has 1 aliphatic rings. The van der Waals surface area contributed by atoms with E-state index in [-0.39, 0.29) is 17.1 Å². The second-order valence-corrected chi connectivity index (χ2v) is 11.0. The van der Waals surface area contributed by atoms with Crippen LogP contribution in [0.5, 0.6) is 0 Å². The van der Waals surface area contributed by atoms with Crippen molar-refractivity contribution < 1.29 is 4.79 Å². The van der Waals surface area contributed by atoms with Gasteiger partial charge in [-0.1, -0.05) is 51.4 Å². The molecule has 0 N–H and O–H groups in total. The number of thioether (sulfide) groups is 1. The summed E-state index contributed by atoms with van der Waals surface area (Å²) in [5, 5.41) is 1.85.